The molecule has 2 heteroatoms. The first-order chi connectivity index (χ1) is 59.7. The van der Waals surface area contributed by atoms with Crippen LogP contribution >= 0.6 is 22.7 Å². The highest BCUT2D eigenvalue weighted by atomic mass is 32.1. The van der Waals surface area contributed by atoms with Crippen molar-refractivity contribution in [3.8, 4) is 77.9 Å². The van der Waals surface area contributed by atoms with E-state index in [9.17, 15) is 0 Å². The molecule has 25 aromatic carbocycles. The molecule has 1 aliphatic rings. The van der Waals surface area contributed by atoms with E-state index in [4.69, 9.17) is 0 Å². The second-order valence-electron chi connectivity index (χ2n) is 34.6. The number of fused-ring (bicyclic) bond motifs is 26. The maximum atomic E-state index is 2.51. The number of rotatable bonds is 6. The van der Waals surface area contributed by atoms with Crippen LogP contribution in [0.5, 0.6) is 0 Å². The van der Waals surface area contributed by atoms with E-state index in [1.165, 1.54) is 291 Å². The van der Waals surface area contributed by atoms with Crippen LogP contribution in [-0.4, -0.2) is 0 Å². The fourth-order valence-electron chi connectivity index (χ4n) is 22.7. The largest absolute Gasteiger partial charge is 0.135 e. The molecule has 27 aromatic rings. The zero-order valence-electron chi connectivity index (χ0n) is 66.1. The van der Waals surface area contributed by atoms with Gasteiger partial charge in [0.25, 0.3) is 0 Å². The van der Waals surface area contributed by atoms with E-state index in [1.54, 1.807) is 0 Å². The van der Waals surface area contributed by atoms with Crippen LogP contribution < -0.4 is 0 Å². The van der Waals surface area contributed by atoms with Crippen LogP contribution in [0.15, 0.2) is 376 Å². The first kappa shape index (κ1) is 66.4. The smallest absolute Gasteiger partial charge is 0.0440 e. The van der Waals surface area contributed by atoms with E-state index in [0.29, 0.717) is 0 Å². The summed E-state index contributed by atoms with van der Waals surface area (Å²) in [7, 11) is 0. The highest BCUT2D eigenvalue weighted by Crippen LogP contribution is 2.56. The average Bonchev–Trinajstić information content (AvgIpc) is 1.68. The summed E-state index contributed by atoms with van der Waals surface area (Å²) < 4.78 is 5.25. The maximum absolute atomic E-state index is 2.51. The normalized spacial score (nSPS) is 13.1. The predicted molar refractivity (Wildman–Crippen MR) is 527 cm³/mol. The van der Waals surface area contributed by atoms with Gasteiger partial charge >= 0.3 is 0 Å². The van der Waals surface area contributed by atoms with Crippen LogP contribution in [0.25, 0.3) is 280 Å². The Balaban J connectivity index is 0.516. The van der Waals surface area contributed by atoms with Gasteiger partial charge in [0.05, 0.1) is 0 Å². The molecule has 2 heterocycles. The lowest BCUT2D eigenvalue weighted by molar-refractivity contribution is 0.661. The van der Waals surface area contributed by atoms with Gasteiger partial charge < -0.3 is 0 Å². The van der Waals surface area contributed by atoms with Crippen molar-refractivity contribution in [2.75, 3.05) is 0 Å². The van der Waals surface area contributed by atoms with Crippen LogP contribution in [0.4, 0.5) is 0 Å². The summed E-state index contributed by atoms with van der Waals surface area (Å²) in [4.78, 5) is 0. The van der Waals surface area contributed by atoms with Crippen molar-refractivity contribution < 1.29 is 0 Å². The van der Waals surface area contributed by atoms with Crippen LogP contribution in [-0.2, 0) is 5.41 Å². The van der Waals surface area contributed by atoms with Crippen molar-refractivity contribution >= 4 is 225 Å². The highest BCUT2D eigenvalue weighted by Gasteiger charge is 2.37. The summed E-state index contributed by atoms with van der Waals surface area (Å²) in [6, 6.07) is 145. The lowest BCUT2D eigenvalue weighted by Crippen LogP contribution is -2.14. The van der Waals surface area contributed by atoms with E-state index < -0.39 is 0 Å². The third-order valence-corrected chi connectivity index (χ3v) is 30.6. The molecule has 0 nitrogen and oxygen atoms in total. The van der Waals surface area contributed by atoms with Crippen molar-refractivity contribution in [2.24, 2.45) is 0 Å². The Kier molecular flexibility index (Phi) is 13.3. The Labute approximate surface area is 703 Å². The lowest BCUT2D eigenvalue weighted by atomic mass is 9.81. The van der Waals surface area contributed by atoms with Crippen molar-refractivity contribution in [2.45, 2.75) is 19.3 Å². The Hall–Kier alpha value is -14.6. The van der Waals surface area contributed by atoms with Crippen molar-refractivity contribution in [3.05, 3.63) is 387 Å². The summed E-state index contributed by atoms with van der Waals surface area (Å²) in [6.07, 6.45) is 0. The molecule has 0 saturated heterocycles. The molecule has 0 radical (unpaired) electrons. The van der Waals surface area contributed by atoms with Gasteiger partial charge in [0.15, 0.2) is 0 Å². The van der Waals surface area contributed by atoms with Crippen LogP contribution in [0.1, 0.15) is 25.0 Å². The Morgan fingerprint density at radius 2 is 0.570 bits per heavy atom. The second-order valence-corrected chi connectivity index (χ2v) is 36.8. The van der Waals surface area contributed by atoms with Gasteiger partial charge in [0, 0.05) is 51.1 Å². The van der Waals surface area contributed by atoms with E-state index in [2.05, 4.69) is 390 Å². The number of hydrogen-bond donors (Lipinski definition) is 0. The third kappa shape index (κ3) is 9.17. The Morgan fingerprint density at radius 3 is 1.25 bits per heavy atom. The molecule has 121 heavy (non-hydrogen) atoms. The van der Waals surface area contributed by atoms with E-state index >= 15 is 0 Å². The van der Waals surface area contributed by atoms with Gasteiger partial charge in [0.2, 0.25) is 0 Å². The molecule has 0 N–H and O–H groups in total. The number of benzene rings is 25. The molecule has 0 aliphatic heterocycles. The minimum atomic E-state index is -0.0570. The first-order valence-corrected chi connectivity index (χ1v) is 43.9. The molecule has 0 saturated carbocycles. The highest BCUT2D eigenvalue weighted by molar-refractivity contribution is 7.27. The summed E-state index contributed by atoms with van der Waals surface area (Å²) in [6.45, 7) is 4.75. The van der Waals surface area contributed by atoms with E-state index in [1.807, 2.05) is 22.7 Å². The molecular formula is C119H68S2. The molecule has 0 amide bonds. The quantitative estimate of drug-likeness (QED) is 0.115. The lowest BCUT2D eigenvalue weighted by Gasteiger charge is -2.22. The molecule has 556 valence electrons. The molecule has 1 aliphatic carbocycles. The SMILES string of the molecule is CC1(C)c2ccccc2-c2c1ccc1c(-c3ccc4ccc5c(-c6cccc(-c7ccc8c(c7)c7ccccc7c7c8ccc8c9ccc(-c%10ccc%11c(c%10)c%10ccccc%10c%10cc%12c(cc%11%10)sc%10ccc(-c%11ccc%13ccc%14c(-c%15c%16ccccc%16cc%16ccccc%15%16)ccc%15ccc%11c%13c%15%14)cc%10%12)cc9sc87)c6)ccc6ccc3c4c65)cccc21. The molecule has 0 bridgehead atoms. The van der Waals surface area contributed by atoms with Crippen LogP contribution in [0.3, 0.4) is 0 Å². The van der Waals surface area contributed by atoms with Gasteiger partial charge in [-0.3, -0.25) is 0 Å². The summed E-state index contributed by atoms with van der Waals surface area (Å²) in [5, 5.41) is 43.9. The van der Waals surface area contributed by atoms with Gasteiger partial charge in [-0.15, -0.1) is 22.7 Å². The summed E-state index contributed by atoms with van der Waals surface area (Å²) in [5.74, 6) is 0. The standard InChI is InChI=1S/C119H68S2/c1-119(2)106-28-12-11-25-99(106)116-90-27-14-26-81(86(90)54-55-107(116)119)85-43-31-67-32-47-92-77(41-29-65-34-49-94(85)113(67)111(65)92)73-18-13-17-69(57-73)70-37-44-87-95-52-53-98-89-46-39-72(62-109(89)121-118(98)117(95)91-24-10-9-23-84(91)101(87)59-70)71-38-45-88-100(60-71)82-21-7-8-22-83(82)102-63-105-104-61-76(40-56-108(104)120-110(105)64-103(88)102)78-42-30-66-35-50-96-97(51-36-68-33-48-93(78)112(66)114(68)96)115-79-19-5-3-15-74(79)58-75-16-4-6-20-80(75)115/h3-64H,1-2H3. The minimum Gasteiger partial charge on any atom is -0.135 e. The van der Waals surface area contributed by atoms with Crippen LogP contribution in [0, 0.1) is 0 Å². The van der Waals surface area contributed by atoms with Gasteiger partial charge in [0.1, 0.15) is 0 Å². The van der Waals surface area contributed by atoms with Crippen molar-refractivity contribution in [1.82, 2.24) is 0 Å². The molecule has 28 rings (SSSR count). The predicted octanol–water partition coefficient (Wildman–Crippen LogP) is 34.9. The Bertz CT molecular complexity index is 9310. The number of hydrogen-bond acceptors (Lipinski definition) is 2. The minimum absolute atomic E-state index is 0.0570. The fraction of sp³-hybridized carbons (Fsp3) is 0.0252. The van der Waals surface area contributed by atoms with Crippen molar-refractivity contribution in [3.63, 3.8) is 0 Å². The molecular weight excluding hydrogens is 1490 g/mol. The summed E-state index contributed by atoms with van der Waals surface area (Å²) >= 11 is 3.85. The van der Waals surface area contributed by atoms with Gasteiger partial charge in [-0.25, -0.2) is 0 Å². The van der Waals surface area contributed by atoms with Gasteiger partial charge in [-0.2, -0.15) is 0 Å². The molecule has 0 atom stereocenters. The average molecular weight is 1560 g/mol. The topological polar surface area (TPSA) is 0 Å². The number of thiophene rings is 2. The Morgan fingerprint density at radius 1 is 0.165 bits per heavy atom. The van der Waals surface area contributed by atoms with Crippen LogP contribution in [0.2, 0.25) is 0 Å². The molecule has 2 aromatic heterocycles. The second kappa shape index (κ2) is 24.3. The van der Waals surface area contributed by atoms with Crippen molar-refractivity contribution in [1.29, 1.82) is 0 Å². The third-order valence-electron chi connectivity index (χ3n) is 28.3. The zero-order chi connectivity index (χ0) is 78.9. The fourth-order valence-corrected chi connectivity index (χ4v) is 25.1. The molecule has 0 spiro atoms. The maximum Gasteiger partial charge on any atom is 0.0440 e. The monoisotopic (exact) mass is 1560 g/mol. The van der Waals surface area contributed by atoms with Gasteiger partial charge in [-0.05, 0) is 300 Å². The van der Waals surface area contributed by atoms with E-state index in [0.717, 1.165) is 0 Å². The van der Waals surface area contributed by atoms with E-state index in [-0.39, 0.29) is 5.41 Å². The molecule has 0 unspecified atom stereocenters. The zero-order valence-corrected chi connectivity index (χ0v) is 67.7. The molecule has 0 fully saturated rings. The van der Waals surface area contributed by atoms with Gasteiger partial charge in [-0.1, -0.05) is 335 Å². The first-order valence-electron chi connectivity index (χ1n) is 42.3. The summed E-state index contributed by atoms with van der Waals surface area (Å²) in [5.41, 5.74) is 20.5.